The number of nitrogens with one attached hydrogen (secondary N) is 1. The van der Waals surface area contributed by atoms with E-state index in [1.54, 1.807) is 12.5 Å². The number of carbonyl (C=O) groups is 1. The van der Waals surface area contributed by atoms with Crippen LogP contribution in [-0.4, -0.2) is 22.0 Å². The maximum Gasteiger partial charge on any atom is 0.221 e. The summed E-state index contributed by atoms with van der Waals surface area (Å²) in [7, 11) is 0. The summed E-state index contributed by atoms with van der Waals surface area (Å²) in [5.74, 6) is -0.0310. The molecule has 0 bridgehead atoms. The summed E-state index contributed by atoms with van der Waals surface area (Å²) in [4.78, 5) is 15.7. The Kier molecular flexibility index (Phi) is 4.69. The molecule has 0 spiro atoms. The highest BCUT2D eigenvalue weighted by molar-refractivity contribution is 5.76. The third kappa shape index (κ3) is 4.22. The van der Waals surface area contributed by atoms with Crippen molar-refractivity contribution in [2.75, 3.05) is 6.54 Å². The monoisotopic (exact) mass is 258 g/mol. The van der Waals surface area contributed by atoms with E-state index in [1.165, 1.54) is 0 Å². The van der Waals surface area contributed by atoms with E-state index in [0.717, 1.165) is 5.56 Å². The Labute approximate surface area is 112 Å². The van der Waals surface area contributed by atoms with Gasteiger partial charge in [0.1, 0.15) is 0 Å². The smallest absolute Gasteiger partial charge is 0.221 e. The van der Waals surface area contributed by atoms with Crippen LogP contribution in [0.2, 0.25) is 0 Å². The third-order valence-corrected chi connectivity index (χ3v) is 2.88. The highest BCUT2D eigenvalue weighted by atomic mass is 16.1. The molecule has 5 heteroatoms. The average molecular weight is 258 g/mol. The van der Waals surface area contributed by atoms with Gasteiger partial charge in [-0.15, -0.1) is 0 Å². The molecule has 1 aromatic carbocycles. The van der Waals surface area contributed by atoms with Crippen LogP contribution in [-0.2, 0) is 11.3 Å². The van der Waals surface area contributed by atoms with E-state index in [-0.39, 0.29) is 11.9 Å². The second-order valence-electron chi connectivity index (χ2n) is 4.37. The lowest BCUT2D eigenvalue weighted by molar-refractivity contribution is -0.121. The molecule has 1 heterocycles. The fourth-order valence-electron chi connectivity index (χ4n) is 1.83. The molecule has 100 valence electrons. The van der Waals surface area contributed by atoms with E-state index in [1.807, 2.05) is 41.1 Å². The Balaban J connectivity index is 1.72. The quantitative estimate of drug-likeness (QED) is 0.814. The summed E-state index contributed by atoms with van der Waals surface area (Å²) in [5, 5.41) is 2.85. The van der Waals surface area contributed by atoms with Crippen LogP contribution in [0, 0.1) is 0 Å². The SMILES string of the molecule is NC(CC(=O)NCCn1ccnc1)c1ccccc1. The molecule has 3 N–H and O–H groups in total. The zero-order valence-electron chi connectivity index (χ0n) is 10.7. The predicted molar refractivity (Wildman–Crippen MR) is 73.2 cm³/mol. The first-order chi connectivity index (χ1) is 9.25. The molecule has 19 heavy (non-hydrogen) atoms. The number of carbonyl (C=O) groups excluding carboxylic acids is 1. The minimum Gasteiger partial charge on any atom is -0.354 e. The molecule has 2 rings (SSSR count). The maximum atomic E-state index is 11.7. The molecule has 1 unspecified atom stereocenters. The minimum absolute atomic E-state index is 0.0310. The molecule has 1 aromatic heterocycles. The van der Waals surface area contributed by atoms with Gasteiger partial charge in [-0.1, -0.05) is 30.3 Å². The first-order valence-corrected chi connectivity index (χ1v) is 6.28. The lowest BCUT2D eigenvalue weighted by Gasteiger charge is -2.12. The van der Waals surface area contributed by atoms with Gasteiger partial charge in [-0.2, -0.15) is 0 Å². The summed E-state index contributed by atoms with van der Waals surface area (Å²) < 4.78 is 1.91. The number of aromatic nitrogens is 2. The van der Waals surface area contributed by atoms with Gasteiger partial charge in [0.25, 0.3) is 0 Å². The largest absolute Gasteiger partial charge is 0.354 e. The number of benzene rings is 1. The Hall–Kier alpha value is -2.14. The van der Waals surface area contributed by atoms with Gasteiger partial charge in [0, 0.05) is 37.9 Å². The van der Waals surface area contributed by atoms with Crippen molar-refractivity contribution in [3.05, 3.63) is 54.6 Å². The Morgan fingerprint density at radius 2 is 2.16 bits per heavy atom. The fraction of sp³-hybridized carbons (Fsp3) is 0.286. The van der Waals surface area contributed by atoms with Crippen molar-refractivity contribution in [2.45, 2.75) is 19.0 Å². The zero-order chi connectivity index (χ0) is 13.5. The van der Waals surface area contributed by atoms with Crippen molar-refractivity contribution in [2.24, 2.45) is 5.73 Å². The lowest BCUT2D eigenvalue weighted by atomic mass is 10.0. The summed E-state index contributed by atoms with van der Waals surface area (Å²) in [6.45, 7) is 1.29. The zero-order valence-corrected chi connectivity index (χ0v) is 10.7. The van der Waals surface area contributed by atoms with Crippen LogP contribution in [0.3, 0.4) is 0 Å². The molecular formula is C14H18N4O. The van der Waals surface area contributed by atoms with Crippen LogP contribution in [0.5, 0.6) is 0 Å². The number of imidazole rings is 1. The van der Waals surface area contributed by atoms with Gasteiger partial charge in [0.15, 0.2) is 0 Å². The Morgan fingerprint density at radius 1 is 1.37 bits per heavy atom. The second-order valence-corrected chi connectivity index (χ2v) is 4.37. The molecule has 0 fully saturated rings. The van der Waals surface area contributed by atoms with Crippen molar-refractivity contribution >= 4 is 5.91 Å². The van der Waals surface area contributed by atoms with Crippen molar-refractivity contribution in [1.82, 2.24) is 14.9 Å². The van der Waals surface area contributed by atoms with E-state index in [2.05, 4.69) is 10.3 Å². The number of nitrogens with two attached hydrogens (primary N) is 1. The average Bonchev–Trinajstić information content (AvgIpc) is 2.93. The van der Waals surface area contributed by atoms with Crippen molar-refractivity contribution < 1.29 is 4.79 Å². The summed E-state index contributed by atoms with van der Waals surface area (Å²) >= 11 is 0. The van der Waals surface area contributed by atoms with E-state index < -0.39 is 0 Å². The van der Waals surface area contributed by atoms with Crippen LogP contribution < -0.4 is 11.1 Å². The normalized spacial score (nSPS) is 12.1. The fourth-order valence-corrected chi connectivity index (χ4v) is 1.83. The molecule has 0 saturated carbocycles. The van der Waals surface area contributed by atoms with E-state index in [4.69, 9.17) is 5.73 Å². The van der Waals surface area contributed by atoms with E-state index in [9.17, 15) is 4.79 Å². The molecule has 1 atom stereocenters. The molecule has 0 radical (unpaired) electrons. The number of hydrogen-bond acceptors (Lipinski definition) is 3. The first-order valence-electron chi connectivity index (χ1n) is 6.28. The van der Waals surface area contributed by atoms with Crippen molar-refractivity contribution in [3.63, 3.8) is 0 Å². The van der Waals surface area contributed by atoms with Gasteiger partial charge in [0.05, 0.1) is 6.33 Å². The second kappa shape index (κ2) is 6.70. The third-order valence-electron chi connectivity index (χ3n) is 2.88. The standard InChI is InChI=1S/C14H18N4O/c15-13(12-4-2-1-3-5-12)10-14(19)17-7-9-18-8-6-16-11-18/h1-6,8,11,13H,7,9-10,15H2,(H,17,19). The van der Waals surface area contributed by atoms with E-state index in [0.29, 0.717) is 19.5 Å². The van der Waals surface area contributed by atoms with E-state index >= 15 is 0 Å². The summed E-state index contributed by atoms with van der Waals surface area (Å²) in [6.07, 6.45) is 5.60. The molecule has 0 aliphatic carbocycles. The highest BCUT2D eigenvalue weighted by Crippen LogP contribution is 2.12. The molecule has 0 aliphatic rings. The summed E-state index contributed by atoms with van der Waals surface area (Å²) in [6, 6.07) is 9.39. The van der Waals surface area contributed by atoms with Crippen LogP contribution in [0.4, 0.5) is 0 Å². The number of hydrogen-bond donors (Lipinski definition) is 2. The van der Waals surface area contributed by atoms with Crippen LogP contribution >= 0.6 is 0 Å². The van der Waals surface area contributed by atoms with Gasteiger partial charge >= 0.3 is 0 Å². The predicted octanol–water partition coefficient (Wildman–Crippen LogP) is 1.09. The van der Waals surface area contributed by atoms with Crippen LogP contribution in [0.1, 0.15) is 18.0 Å². The Morgan fingerprint density at radius 3 is 2.84 bits per heavy atom. The van der Waals surface area contributed by atoms with Gasteiger partial charge in [-0.25, -0.2) is 4.98 Å². The highest BCUT2D eigenvalue weighted by Gasteiger charge is 2.10. The molecule has 2 aromatic rings. The van der Waals surface area contributed by atoms with Gasteiger partial charge in [-0.05, 0) is 5.56 Å². The van der Waals surface area contributed by atoms with Crippen LogP contribution in [0.15, 0.2) is 49.1 Å². The molecular weight excluding hydrogens is 240 g/mol. The summed E-state index contributed by atoms with van der Waals surface area (Å²) in [5.41, 5.74) is 6.97. The first kappa shape index (κ1) is 13.3. The Bertz CT molecular complexity index is 495. The molecule has 0 aliphatic heterocycles. The maximum absolute atomic E-state index is 11.7. The van der Waals surface area contributed by atoms with Crippen LogP contribution in [0.25, 0.3) is 0 Å². The molecule has 0 saturated heterocycles. The minimum atomic E-state index is -0.255. The van der Waals surface area contributed by atoms with Crippen molar-refractivity contribution in [3.8, 4) is 0 Å². The van der Waals surface area contributed by atoms with Gasteiger partial charge in [0.2, 0.25) is 5.91 Å². The number of rotatable bonds is 6. The van der Waals surface area contributed by atoms with Crippen molar-refractivity contribution in [1.29, 1.82) is 0 Å². The lowest BCUT2D eigenvalue weighted by Crippen LogP contribution is -2.30. The number of amides is 1. The molecule has 5 nitrogen and oxygen atoms in total. The van der Waals surface area contributed by atoms with Gasteiger partial charge in [-0.3, -0.25) is 4.79 Å². The topological polar surface area (TPSA) is 72.9 Å². The molecule has 1 amide bonds. The number of nitrogens with zero attached hydrogens (tertiary/aromatic N) is 2. The van der Waals surface area contributed by atoms with Gasteiger partial charge < -0.3 is 15.6 Å².